The van der Waals surface area contributed by atoms with Gasteiger partial charge in [0.05, 0.1) is 0 Å². The number of likely N-dealkylation sites (tertiary alicyclic amines) is 1. The van der Waals surface area contributed by atoms with Crippen LogP contribution in [0, 0.1) is 0 Å². The highest BCUT2D eigenvalue weighted by Crippen LogP contribution is 2.36. The number of aliphatic carboxylic acids is 1. The summed E-state index contributed by atoms with van der Waals surface area (Å²) < 4.78 is 0. The molecule has 1 unspecified atom stereocenters. The third kappa shape index (κ3) is 3.98. The monoisotopic (exact) mass is 296 g/mol. The second kappa shape index (κ2) is 7.59. The Balaban J connectivity index is 2.09. The molecule has 1 N–H and O–H groups in total. The molecular formula is C17H32N2O2. The zero-order valence-electron chi connectivity index (χ0n) is 13.8. The van der Waals surface area contributed by atoms with Crippen LogP contribution in [0.3, 0.4) is 0 Å². The van der Waals surface area contributed by atoms with Crippen molar-refractivity contribution < 1.29 is 9.90 Å². The smallest absolute Gasteiger partial charge is 0.320 e. The lowest BCUT2D eigenvalue weighted by atomic mass is 9.78. The van der Waals surface area contributed by atoms with E-state index in [1.165, 1.54) is 64.5 Å². The Kier molecular flexibility index (Phi) is 6.06. The predicted octanol–water partition coefficient (Wildman–Crippen LogP) is 2.97. The van der Waals surface area contributed by atoms with Crippen LogP contribution in [0.2, 0.25) is 0 Å². The van der Waals surface area contributed by atoms with E-state index in [1.54, 1.807) is 0 Å². The molecule has 2 aliphatic rings. The summed E-state index contributed by atoms with van der Waals surface area (Å²) in [6.45, 7) is 5.30. The molecule has 2 rings (SSSR count). The summed E-state index contributed by atoms with van der Waals surface area (Å²) >= 11 is 0. The largest absolute Gasteiger partial charge is 0.480 e. The molecule has 0 aromatic rings. The Labute approximate surface area is 129 Å². The number of hydrogen-bond acceptors (Lipinski definition) is 3. The lowest BCUT2D eigenvalue weighted by Crippen LogP contribution is -2.59. The summed E-state index contributed by atoms with van der Waals surface area (Å²) in [6, 6.07) is -0.339. The number of carboxylic acid groups (broad SMARTS) is 1. The fourth-order valence-electron chi connectivity index (χ4n) is 4.40. The van der Waals surface area contributed by atoms with Crippen molar-refractivity contribution in [3.63, 3.8) is 0 Å². The van der Waals surface area contributed by atoms with Crippen LogP contribution >= 0.6 is 0 Å². The molecule has 1 heterocycles. The number of likely N-dealkylation sites (N-methyl/N-ethyl adjacent to an activating group) is 1. The Morgan fingerprint density at radius 3 is 2.24 bits per heavy atom. The molecule has 1 atom stereocenters. The van der Waals surface area contributed by atoms with Crippen LogP contribution in [-0.2, 0) is 4.79 Å². The number of piperidine rings is 1. The minimum absolute atomic E-state index is 0.232. The highest BCUT2D eigenvalue weighted by atomic mass is 16.4. The zero-order chi connectivity index (χ0) is 15.3. The minimum atomic E-state index is -0.676. The Hall–Kier alpha value is -0.610. The maximum atomic E-state index is 11.4. The molecule has 0 aromatic heterocycles. The van der Waals surface area contributed by atoms with E-state index in [2.05, 4.69) is 9.80 Å². The van der Waals surface area contributed by atoms with Crippen molar-refractivity contribution in [3.05, 3.63) is 0 Å². The first kappa shape index (κ1) is 16.8. The van der Waals surface area contributed by atoms with Gasteiger partial charge in [-0.1, -0.05) is 32.6 Å². The van der Waals surface area contributed by atoms with E-state index in [-0.39, 0.29) is 11.6 Å². The van der Waals surface area contributed by atoms with E-state index in [9.17, 15) is 9.90 Å². The Morgan fingerprint density at radius 2 is 1.71 bits per heavy atom. The van der Waals surface area contributed by atoms with Crippen LogP contribution in [0.1, 0.15) is 64.7 Å². The lowest BCUT2D eigenvalue weighted by Gasteiger charge is -2.50. The molecule has 4 nitrogen and oxygen atoms in total. The first-order chi connectivity index (χ1) is 10.1. The van der Waals surface area contributed by atoms with Crippen LogP contribution in [0.5, 0.6) is 0 Å². The van der Waals surface area contributed by atoms with Gasteiger partial charge in [-0.15, -0.1) is 0 Å². The zero-order valence-corrected chi connectivity index (χ0v) is 13.8. The van der Waals surface area contributed by atoms with Gasteiger partial charge in [0.15, 0.2) is 0 Å². The van der Waals surface area contributed by atoms with Gasteiger partial charge in [0, 0.05) is 12.1 Å². The molecule has 122 valence electrons. The maximum absolute atomic E-state index is 11.4. The molecular weight excluding hydrogens is 264 g/mol. The summed E-state index contributed by atoms with van der Waals surface area (Å²) in [6.07, 6.45) is 11.1. The van der Waals surface area contributed by atoms with E-state index >= 15 is 0 Å². The molecule has 0 spiro atoms. The van der Waals surface area contributed by atoms with Crippen LogP contribution in [0.15, 0.2) is 0 Å². The number of rotatable bonds is 6. The van der Waals surface area contributed by atoms with E-state index in [0.717, 1.165) is 6.54 Å². The molecule has 4 heteroatoms. The van der Waals surface area contributed by atoms with Crippen molar-refractivity contribution in [2.45, 2.75) is 76.3 Å². The Morgan fingerprint density at radius 1 is 1.14 bits per heavy atom. The topological polar surface area (TPSA) is 43.8 Å². The standard InChI is InChI=1S/C17H32N2O2/c1-3-15(16(20)21)18(2)14-17(10-6-4-7-11-17)19-12-8-5-9-13-19/h15H,3-14H2,1-2H3,(H,20,21). The fraction of sp³-hybridized carbons (Fsp3) is 0.941. The predicted molar refractivity (Wildman–Crippen MR) is 85.6 cm³/mol. The molecule has 1 aliphatic heterocycles. The molecule has 0 aromatic carbocycles. The average molecular weight is 296 g/mol. The summed E-state index contributed by atoms with van der Waals surface area (Å²) in [5, 5.41) is 9.41. The molecule has 0 bridgehead atoms. The SMILES string of the molecule is CCC(C(=O)O)N(C)CC1(N2CCCCC2)CCCCC1. The highest BCUT2D eigenvalue weighted by Gasteiger charge is 2.40. The van der Waals surface area contributed by atoms with Crippen molar-refractivity contribution in [1.82, 2.24) is 9.80 Å². The van der Waals surface area contributed by atoms with Gasteiger partial charge in [-0.2, -0.15) is 0 Å². The number of hydrogen-bond donors (Lipinski definition) is 1. The molecule has 2 fully saturated rings. The Bertz CT molecular complexity index is 334. The van der Waals surface area contributed by atoms with Crippen molar-refractivity contribution in [1.29, 1.82) is 0 Å². The number of carbonyl (C=O) groups is 1. The normalized spacial score (nSPS) is 24.9. The minimum Gasteiger partial charge on any atom is -0.480 e. The summed E-state index contributed by atoms with van der Waals surface area (Å²) in [5.41, 5.74) is 0.232. The van der Waals surface area contributed by atoms with Crippen molar-refractivity contribution in [2.75, 3.05) is 26.7 Å². The first-order valence-corrected chi connectivity index (χ1v) is 8.77. The van der Waals surface area contributed by atoms with Crippen molar-refractivity contribution in [3.8, 4) is 0 Å². The second-order valence-electron chi connectivity index (χ2n) is 7.01. The third-order valence-electron chi connectivity index (χ3n) is 5.56. The van der Waals surface area contributed by atoms with Gasteiger partial charge in [-0.3, -0.25) is 14.6 Å². The number of nitrogens with zero attached hydrogens (tertiary/aromatic N) is 2. The maximum Gasteiger partial charge on any atom is 0.320 e. The van der Waals surface area contributed by atoms with E-state index in [4.69, 9.17) is 0 Å². The summed E-state index contributed by atoms with van der Waals surface area (Å²) in [4.78, 5) is 16.2. The van der Waals surface area contributed by atoms with Gasteiger partial charge in [-0.05, 0) is 52.2 Å². The highest BCUT2D eigenvalue weighted by molar-refractivity contribution is 5.73. The van der Waals surface area contributed by atoms with Crippen molar-refractivity contribution >= 4 is 5.97 Å². The molecule has 0 radical (unpaired) electrons. The van der Waals surface area contributed by atoms with Crippen LogP contribution in [-0.4, -0.2) is 59.1 Å². The summed E-state index contributed by atoms with van der Waals surface area (Å²) in [5.74, 6) is -0.676. The van der Waals surface area contributed by atoms with Gasteiger partial charge < -0.3 is 5.11 Å². The van der Waals surface area contributed by atoms with E-state index < -0.39 is 5.97 Å². The van der Waals surface area contributed by atoms with Gasteiger partial charge in [0.1, 0.15) is 6.04 Å². The van der Waals surface area contributed by atoms with Crippen LogP contribution in [0.25, 0.3) is 0 Å². The molecule has 0 amide bonds. The third-order valence-corrected chi connectivity index (χ3v) is 5.56. The van der Waals surface area contributed by atoms with Gasteiger partial charge in [-0.25, -0.2) is 0 Å². The van der Waals surface area contributed by atoms with Crippen LogP contribution < -0.4 is 0 Å². The van der Waals surface area contributed by atoms with Crippen molar-refractivity contribution in [2.24, 2.45) is 0 Å². The molecule has 1 saturated heterocycles. The van der Waals surface area contributed by atoms with Gasteiger partial charge in [0.25, 0.3) is 0 Å². The molecule has 1 aliphatic carbocycles. The van der Waals surface area contributed by atoms with Crippen LogP contribution in [0.4, 0.5) is 0 Å². The summed E-state index contributed by atoms with van der Waals surface area (Å²) in [7, 11) is 2.00. The first-order valence-electron chi connectivity index (χ1n) is 8.77. The fourth-order valence-corrected chi connectivity index (χ4v) is 4.40. The lowest BCUT2D eigenvalue weighted by molar-refractivity contribution is -0.143. The van der Waals surface area contributed by atoms with E-state index in [0.29, 0.717) is 6.42 Å². The average Bonchev–Trinajstić information content (AvgIpc) is 2.49. The quantitative estimate of drug-likeness (QED) is 0.818. The number of carboxylic acids is 1. The molecule has 21 heavy (non-hydrogen) atoms. The second-order valence-corrected chi connectivity index (χ2v) is 7.01. The molecule has 1 saturated carbocycles. The van der Waals surface area contributed by atoms with E-state index in [1.807, 2.05) is 14.0 Å². The van der Waals surface area contributed by atoms with Gasteiger partial charge in [0.2, 0.25) is 0 Å². The van der Waals surface area contributed by atoms with Gasteiger partial charge >= 0.3 is 5.97 Å².